The van der Waals surface area contributed by atoms with Gasteiger partial charge < -0.3 is 14.6 Å². The summed E-state index contributed by atoms with van der Waals surface area (Å²) in [6.07, 6.45) is 1.09. The van der Waals surface area contributed by atoms with Crippen LogP contribution in [-0.2, 0) is 0 Å². The molecule has 1 aromatic carbocycles. The van der Waals surface area contributed by atoms with Gasteiger partial charge in [-0.1, -0.05) is 0 Å². The first-order valence-electron chi connectivity index (χ1n) is 5.21. The summed E-state index contributed by atoms with van der Waals surface area (Å²) in [4.78, 5) is 0. The van der Waals surface area contributed by atoms with Crippen LogP contribution < -0.4 is 9.47 Å². The van der Waals surface area contributed by atoms with Crippen molar-refractivity contribution >= 4 is 0 Å². The van der Waals surface area contributed by atoms with Crippen LogP contribution in [0, 0.1) is 11.8 Å². The molecule has 0 aliphatic heterocycles. The first kappa shape index (κ1) is 10.3. The fraction of sp³-hybridized carbons (Fsp3) is 0.500. The lowest BCUT2D eigenvalue weighted by Gasteiger charge is -2.06. The van der Waals surface area contributed by atoms with Crippen molar-refractivity contribution in [1.29, 1.82) is 0 Å². The molecule has 2 atom stereocenters. The summed E-state index contributed by atoms with van der Waals surface area (Å²) in [6, 6.07) is 7.56. The molecule has 1 aliphatic carbocycles. The van der Waals surface area contributed by atoms with Gasteiger partial charge in [-0.3, -0.25) is 0 Å². The zero-order valence-corrected chi connectivity index (χ0v) is 8.85. The molecule has 3 heteroatoms. The first-order chi connectivity index (χ1) is 7.33. The Morgan fingerprint density at radius 2 is 1.87 bits per heavy atom. The second-order valence-electron chi connectivity index (χ2n) is 3.92. The highest BCUT2D eigenvalue weighted by atomic mass is 16.5. The summed E-state index contributed by atoms with van der Waals surface area (Å²) in [5.74, 6) is 2.70. The topological polar surface area (TPSA) is 38.7 Å². The third-order valence-corrected chi connectivity index (χ3v) is 2.83. The van der Waals surface area contributed by atoms with Crippen LogP contribution in [0.2, 0.25) is 0 Å². The van der Waals surface area contributed by atoms with Crippen molar-refractivity contribution in [2.45, 2.75) is 6.42 Å². The second-order valence-corrected chi connectivity index (χ2v) is 3.92. The molecule has 1 fully saturated rings. The molecular weight excluding hydrogens is 192 g/mol. The Morgan fingerprint density at radius 3 is 2.40 bits per heavy atom. The number of hydrogen-bond donors (Lipinski definition) is 1. The first-order valence-corrected chi connectivity index (χ1v) is 5.21. The third kappa shape index (κ3) is 2.63. The molecule has 1 aromatic rings. The van der Waals surface area contributed by atoms with E-state index in [0.717, 1.165) is 17.9 Å². The van der Waals surface area contributed by atoms with Crippen molar-refractivity contribution in [1.82, 2.24) is 0 Å². The molecule has 0 spiro atoms. The minimum absolute atomic E-state index is 0.288. The number of aliphatic hydroxyl groups excluding tert-OH is 1. The van der Waals surface area contributed by atoms with E-state index in [1.807, 2.05) is 24.3 Å². The lowest BCUT2D eigenvalue weighted by Crippen LogP contribution is -2.02. The van der Waals surface area contributed by atoms with Crippen molar-refractivity contribution in [2.75, 3.05) is 20.3 Å². The largest absolute Gasteiger partial charge is 0.497 e. The van der Waals surface area contributed by atoms with Crippen LogP contribution in [0.5, 0.6) is 11.5 Å². The summed E-state index contributed by atoms with van der Waals surface area (Å²) in [5, 5.41) is 8.87. The van der Waals surface area contributed by atoms with E-state index in [9.17, 15) is 0 Å². The van der Waals surface area contributed by atoms with Gasteiger partial charge in [0.1, 0.15) is 11.5 Å². The highest BCUT2D eigenvalue weighted by Gasteiger charge is 2.36. The average molecular weight is 208 g/mol. The van der Waals surface area contributed by atoms with Gasteiger partial charge in [0.15, 0.2) is 0 Å². The van der Waals surface area contributed by atoms with Gasteiger partial charge in [-0.25, -0.2) is 0 Å². The van der Waals surface area contributed by atoms with E-state index in [-0.39, 0.29) is 6.61 Å². The van der Waals surface area contributed by atoms with E-state index < -0.39 is 0 Å². The number of aliphatic hydroxyl groups is 1. The highest BCUT2D eigenvalue weighted by molar-refractivity contribution is 5.31. The number of benzene rings is 1. The van der Waals surface area contributed by atoms with Crippen LogP contribution in [0.1, 0.15) is 6.42 Å². The molecule has 0 amide bonds. The molecule has 0 radical (unpaired) electrons. The molecule has 0 saturated heterocycles. The van der Waals surface area contributed by atoms with Gasteiger partial charge in [0.2, 0.25) is 0 Å². The molecule has 0 aromatic heterocycles. The Morgan fingerprint density at radius 1 is 1.20 bits per heavy atom. The number of rotatable bonds is 5. The molecule has 82 valence electrons. The number of ether oxygens (including phenoxy) is 2. The molecule has 2 rings (SSSR count). The molecule has 1 saturated carbocycles. The van der Waals surface area contributed by atoms with Gasteiger partial charge in [-0.2, -0.15) is 0 Å². The lowest BCUT2D eigenvalue weighted by atomic mass is 10.3. The summed E-state index contributed by atoms with van der Waals surface area (Å²) in [6.45, 7) is 0.994. The summed E-state index contributed by atoms with van der Waals surface area (Å²) in [5.41, 5.74) is 0. The van der Waals surface area contributed by atoms with Crippen molar-refractivity contribution in [3.8, 4) is 11.5 Å². The van der Waals surface area contributed by atoms with E-state index in [4.69, 9.17) is 14.6 Å². The van der Waals surface area contributed by atoms with Crippen LogP contribution in [0.25, 0.3) is 0 Å². The normalized spacial score (nSPS) is 23.6. The van der Waals surface area contributed by atoms with E-state index in [1.54, 1.807) is 7.11 Å². The Labute approximate surface area is 89.6 Å². The lowest BCUT2D eigenvalue weighted by molar-refractivity contribution is 0.242. The van der Waals surface area contributed by atoms with Gasteiger partial charge in [0, 0.05) is 6.61 Å². The summed E-state index contributed by atoms with van der Waals surface area (Å²) < 4.78 is 10.6. The van der Waals surface area contributed by atoms with Crippen molar-refractivity contribution in [3.63, 3.8) is 0 Å². The SMILES string of the molecule is COc1ccc(OCC2CC2CO)cc1. The van der Waals surface area contributed by atoms with Crippen molar-refractivity contribution < 1.29 is 14.6 Å². The fourth-order valence-electron chi connectivity index (χ4n) is 1.61. The number of methoxy groups -OCH3 is 1. The minimum Gasteiger partial charge on any atom is -0.497 e. The van der Waals surface area contributed by atoms with Crippen LogP contribution in [-0.4, -0.2) is 25.4 Å². The van der Waals surface area contributed by atoms with E-state index in [2.05, 4.69) is 0 Å². The Bertz CT molecular complexity index is 307. The predicted molar refractivity (Wildman–Crippen MR) is 57.2 cm³/mol. The van der Waals surface area contributed by atoms with Crippen molar-refractivity contribution in [3.05, 3.63) is 24.3 Å². The monoisotopic (exact) mass is 208 g/mol. The van der Waals surface area contributed by atoms with Gasteiger partial charge in [-0.05, 0) is 42.5 Å². The molecule has 15 heavy (non-hydrogen) atoms. The Kier molecular flexibility index (Phi) is 3.11. The zero-order valence-electron chi connectivity index (χ0n) is 8.85. The van der Waals surface area contributed by atoms with E-state index in [1.165, 1.54) is 0 Å². The molecule has 0 bridgehead atoms. The van der Waals surface area contributed by atoms with Crippen LogP contribution in [0.15, 0.2) is 24.3 Å². The molecule has 1 N–H and O–H groups in total. The Hall–Kier alpha value is -1.22. The van der Waals surface area contributed by atoms with Crippen LogP contribution in [0.4, 0.5) is 0 Å². The van der Waals surface area contributed by atoms with Gasteiger partial charge in [-0.15, -0.1) is 0 Å². The quantitative estimate of drug-likeness (QED) is 0.800. The van der Waals surface area contributed by atoms with Crippen LogP contribution in [0.3, 0.4) is 0 Å². The standard InChI is InChI=1S/C12H16O3/c1-14-11-2-4-12(5-3-11)15-8-10-6-9(10)7-13/h2-5,9-10,13H,6-8H2,1H3. The summed E-state index contributed by atoms with van der Waals surface area (Å²) in [7, 11) is 1.64. The van der Waals surface area contributed by atoms with Crippen molar-refractivity contribution in [2.24, 2.45) is 11.8 Å². The molecular formula is C12H16O3. The molecule has 3 nitrogen and oxygen atoms in total. The molecule has 0 heterocycles. The fourth-order valence-corrected chi connectivity index (χ4v) is 1.61. The predicted octanol–water partition coefficient (Wildman–Crippen LogP) is 1.70. The summed E-state index contributed by atoms with van der Waals surface area (Å²) >= 11 is 0. The number of hydrogen-bond acceptors (Lipinski definition) is 3. The van der Waals surface area contributed by atoms with Gasteiger partial charge in [0.05, 0.1) is 13.7 Å². The zero-order chi connectivity index (χ0) is 10.7. The third-order valence-electron chi connectivity index (χ3n) is 2.83. The van der Waals surface area contributed by atoms with Gasteiger partial charge >= 0.3 is 0 Å². The van der Waals surface area contributed by atoms with E-state index >= 15 is 0 Å². The smallest absolute Gasteiger partial charge is 0.119 e. The highest BCUT2D eigenvalue weighted by Crippen LogP contribution is 2.38. The van der Waals surface area contributed by atoms with Crippen LogP contribution >= 0.6 is 0 Å². The maximum atomic E-state index is 8.87. The molecule has 1 aliphatic rings. The molecule has 2 unspecified atom stereocenters. The maximum Gasteiger partial charge on any atom is 0.119 e. The second kappa shape index (κ2) is 4.53. The minimum atomic E-state index is 0.288. The maximum absolute atomic E-state index is 8.87. The average Bonchev–Trinajstić information content (AvgIpc) is 3.06. The van der Waals surface area contributed by atoms with E-state index in [0.29, 0.717) is 18.4 Å². The Balaban J connectivity index is 1.79. The van der Waals surface area contributed by atoms with Gasteiger partial charge in [0.25, 0.3) is 0 Å².